The number of benzene rings is 1. The van der Waals surface area contributed by atoms with Crippen LogP contribution in [0.5, 0.6) is 0 Å². The summed E-state index contributed by atoms with van der Waals surface area (Å²) in [5.74, 6) is 0.0279. The van der Waals surface area contributed by atoms with Crippen LogP contribution in [0, 0.1) is 5.82 Å². The summed E-state index contributed by atoms with van der Waals surface area (Å²) in [6.07, 6.45) is 8.07. The summed E-state index contributed by atoms with van der Waals surface area (Å²) in [7, 11) is 1.73. The van der Waals surface area contributed by atoms with E-state index in [1.165, 1.54) is 23.4 Å². The summed E-state index contributed by atoms with van der Waals surface area (Å²) < 4.78 is 24.5. The summed E-state index contributed by atoms with van der Waals surface area (Å²) in [6.45, 7) is 4.07. The molecule has 1 aliphatic carbocycles. The highest BCUT2D eigenvalue weighted by atomic mass is 32.1. The lowest BCUT2D eigenvalue weighted by molar-refractivity contribution is 0.174. The maximum Gasteiger partial charge on any atom is 0.170 e. The van der Waals surface area contributed by atoms with E-state index in [2.05, 4.69) is 23.1 Å². The highest BCUT2D eigenvalue weighted by Crippen LogP contribution is 2.36. The minimum absolute atomic E-state index is 0.0953. The second-order valence-corrected chi connectivity index (χ2v) is 7.95. The van der Waals surface area contributed by atoms with Crippen molar-refractivity contribution in [3.63, 3.8) is 0 Å². The van der Waals surface area contributed by atoms with Gasteiger partial charge < -0.3 is 14.2 Å². The molecule has 0 bridgehead atoms. The van der Waals surface area contributed by atoms with Gasteiger partial charge >= 0.3 is 0 Å². The second-order valence-electron chi connectivity index (χ2n) is 7.48. The van der Waals surface area contributed by atoms with Gasteiger partial charge in [-0.3, -0.25) is 0 Å². The molecule has 148 valence electrons. The third-order valence-corrected chi connectivity index (χ3v) is 6.10. The van der Waals surface area contributed by atoms with Crippen LogP contribution in [0.1, 0.15) is 44.2 Å². The van der Waals surface area contributed by atoms with E-state index >= 15 is 0 Å². The number of piperidine rings is 1. The molecule has 0 radical (unpaired) electrons. The van der Waals surface area contributed by atoms with Gasteiger partial charge in [-0.05, 0) is 49.1 Å². The molecule has 0 N–H and O–H groups in total. The summed E-state index contributed by atoms with van der Waals surface area (Å²) in [6, 6.07) is 4.66. The van der Waals surface area contributed by atoms with Crippen LogP contribution in [0.25, 0.3) is 11.0 Å². The molecule has 1 aromatic heterocycles. The number of rotatable bonds is 5. The zero-order valence-electron chi connectivity index (χ0n) is 16.3. The van der Waals surface area contributed by atoms with Gasteiger partial charge in [0.25, 0.3) is 0 Å². The third kappa shape index (κ3) is 3.51. The molecule has 2 aliphatic rings. The fourth-order valence-corrected chi connectivity index (χ4v) is 4.68. The van der Waals surface area contributed by atoms with Gasteiger partial charge in [0, 0.05) is 48.1 Å². The maximum absolute atomic E-state index is 13.4. The molecule has 0 spiro atoms. The van der Waals surface area contributed by atoms with E-state index in [-0.39, 0.29) is 11.9 Å². The minimum Gasteiger partial charge on any atom is -0.371 e. The lowest BCUT2D eigenvalue weighted by Crippen LogP contribution is -2.36. The van der Waals surface area contributed by atoms with E-state index < -0.39 is 0 Å². The molecule has 4 rings (SSSR count). The molecule has 1 atom stereocenters. The van der Waals surface area contributed by atoms with Crippen molar-refractivity contribution in [2.75, 3.05) is 20.2 Å². The summed E-state index contributed by atoms with van der Waals surface area (Å²) in [5, 5.41) is 5.18. The quantitative estimate of drug-likeness (QED) is 0.649. The van der Waals surface area contributed by atoms with Crippen LogP contribution < -0.4 is 0 Å². The van der Waals surface area contributed by atoms with E-state index in [0.29, 0.717) is 11.5 Å². The Morgan fingerprint density at radius 2 is 2.07 bits per heavy atom. The predicted molar refractivity (Wildman–Crippen MR) is 112 cm³/mol. The average molecular weight is 401 g/mol. The van der Waals surface area contributed by atoms with Crippen LogP contribution in [0.4, 0.5) is 4.39 Å². The van der Waals surface area contributed by atoms with Gasteiger partial charge in [-0.15, -0.1) is 0 Å². The number of nitrogens with zero attached hydrogens (tertiary/aromatic N) is 2. The molecule has 2 heterocycles. The van der Waals surface area contributed by atoms with Gasteiger partial charge in [0.05, 0.1) is 5.69 Å². The molecular weight excluding hydrogens is 375 g/mol. The van der Waals surface area contributed by atoms with Gasteiger partial charge in [0.2, 0.25) is 0 Å². The van der Waals surface area contributed by atoms with Gasteiger partial charge in [-0.25, -0.2) is 4.39 Å². The van der Waals surface area contributed by atoms with Crippen molar-refractivity contribution in [3.8, 4) is 0 Å². The molecule has 1 aromatic carbocycles. The summed E-state index contributed by atoms with van der Waals surface area (Å²) >= 11 is 5.49. The van der Waals surface area contributed by atoms with Crippen LogP contribution in [0.3, 0.4) is 0 Å². The molecule has 6 heteroatoms. The number of fused-ring (bicyclic) bond motifs is 1. The number of aromatic nitrogens is 1. The highest BCUT2D eigenvalue weighted by Gasteiger charge is 2.30. The van der Waals surface area contributed by atoms with E-state index in [1.807, 2.05) is 6.08 Å². The second kappa shape index (κ2) is 8.13. The fourth-order valence-electron chi connectivity index (χ4n) is 4.38. The van der Waals surface area contributed by atoms with Crippen molar-refractivity contribution < 1.29 is 13.7 Å². The lowest BCUT2D eigenvalue weighted by atomic mass is 9.89. The summed E-state index contributed by atoms with van der Waals surface area (Å²) in [5.41, 5.74) is 4.02. The van der Waals surface area contributed by atoms with Crippen molar-refractivity contribution >= 4 is 28.1 Å². The lowest BCUT2D eigenvalue weighted by Gasteiger charge is -2.37. The number of methoxy groups -OCH3 is 1. The number of ether oxygens (including phenoxy) is 1. The molecular formula is C22H25FN2O2S. The Morgan fingerprint density at radius 3 is 2.79 bits per heavy atom. The van der Waals surface area contributed by atoms with Crippen molar-refractivity contribution in [3.05, 3.63) is 53.1 Å². The van der Waals surface area contributed by atoms with Crippen LogP contribution >= 0.6 is 12.2 Å². The van der Waals surface area contributed by atoms with Crippen LogP contribution in [0.2, 0.25) is 0 Å². The molecule has 2 aromatic rings. The topological polar surface area (TPSA) is 38.5 Å². The van der Waals surface area contributed by atoms with Crippen LogP contribution in [-0.4, -0.2) is 41.2 Å². The number of thiocarbonyl (C=S) groups is 1. The Morgan fingerprint density at radius 1 is 1.29 bits per heavy atom. The monoisotopic (exact) mass is 400 g/mol. The van der Waals surface area contributed by atoms with Gasteiger partial charge in [-0.2, -0.15) is 0 Å². The first kappa shape index (κ1) is 19.3. The SMILES string of the molecule is CCCC1=C(N2CCC(c3noc4cc(F)ccc34)CC2)C=CC(=S)C1OC. The standard InChI is InChI=1S/C22H25FN2O2S/c1-3-4-16-18(7-8-20(28)22(16)26-2)25-11-9-14(10-12-25)21-17-6-5-15(23)13-19(17)27-24-21/h5-8,13-14,22H,3-4,9-12H2,1-2H3. The minimum atomic E-state index is -0.296. The molecule has 28 heavy (non-hydrogen) atoms. The molecule has 1 fully saturated rings. The zero-order valence-corrected chi connectivity index (χ0v) is 17.1. The van der Waals surface area contributed by atoms with Crippen LogP contribution in [0.15, 0.2) is 46.1 Å². The smallest absolute Gasteiger partial charge is 0.170 e. The number of hydrogen-bond donors (Lipinski definition) is 0. The number of likely N-dealkylation sites (tertiary alicyclic amines) is 1. The first-order valence-corrected chi connectivity index (χ1v) is 10.3. The van der Waals surface area contributed by atoms with Crippen LogP contribution in [-0.2, 0) is 4.74 Å². The predicted octanol–water partition coefficient (Wildman–Crippen LogP) is 5.16. The molecule has 0 saturated carbocycles. The zero-order chi connectivity index (χ0) is 19.7. The fraction of sp³-hybridized carbons (Fsp3) is 0.455. The van der Waals surface area contributed by atoms with Gasteiger partial charge in [0.15, 0.2) is 5.58 Å². The summed E-state index contributed by atoms with van der Waals surface area (Å²) in [4.78, 5) is 3.29. The normalized spacial score (nSPS) is 21.2. The van der Waals surface area contributed by atoms with Gasteiger partial charge in [0.1, 0.15) is 11.9 Å². The van der Waals surface area contributed by atoms with E-state index in [4.69, 9.17) is 21.5 Å². The molecule has 1 unspecified atom stereocenters. The molecule has 4 nitrogen and oxygen atoms in total. The van der Waals surface area contributed by atoms with Gasteiger partial charge in [-0.1, -0.05) is 30.7 Å². The van der Waals surface area contributed by atoms with Crippen molar-refractivity contribution in [2.24, 2.45) is 0 Å². The average Bonchev–Trinajstić information content (AvgIpc) is 3.12. The molecule has 0 amide bonds. The van der Waals surface area contributed by atoms with E-state index in [9.17, 15) is 4.39 Å². The Bertz CT molecular complexity index is 941. The number of hydrogen-bond acceptors (Lipinski definition) is 5. The number of halogens is 1. The first-order chi connectivity index (χ1) is 13.6. The molecule has 1 aliphatic heterocycles. The van der Waals surface area contributed by atoms with E-state index in [1.54, 1.807) is 13.2 Å². The van der Waals surface area contributed by atoms with Crippen molar-refractivity contribution in [1.29, 1.82) is 0 Å². The Labute approximate surface area is 170 Å². The Hall–Kier alpha value is -2.05. The van der Waals surface area contributed by atoms with Crippen molar-refractivity contribution in [2.45, 2.75) is 44.6 Å². The van der Waals surface area contributed by atoms with Crippen molar-refractivity contribution in [1.82, 2.24) is 10.1 Å². The Balaban J connectivity index is 1.53. The largest absolute Gasteiger partial charge is 0.371 e. The third-order valence-electron chi connectivity index (χ3n) is 5.75. The maximum atomic E-state index is 13.4. The number of allylic oxidation sites excluding steroid dienone is 1. The first-order valence-electron chi connectivity index (χ1n) is 9.90. The van der Waals surface area contributed by atoms with E-state index in [0.717, 1.165) is 54.7 Å². The highest BCUT2D eigenvalue weighted by molar-refractivity contribution is 7.80. The Kier molecular flexibility index (Phi) is 5.60. The molecule has 1 saturated heterocycles.